The maximum absolute atomic E-state index is 11.6. The second-order valence-corrected chi connectivity index (χ2v) is 5.78. The van der Waals surface area contributed by atoms with Gasteiger partial charge in [0, 0.05) is 17.0 Å². The molecule has 1 amide bonds. The molecule has 0 saturated carbocycles. The first-order valence-electron chi connectivity index (χ1n) is 5.73. The van der Waals surface area contributed by atoms with E-state index in [4.69, 9.17) is 10.5 Å². The highest BCUT2D eigenvalue weighted by Crippen LogP contribution is 2.20. The number of rotatable bonds is 6. The lowest BCUT2D eigenvalue weighted by atomic mass is 10.1. The molecule has 100 valence electrons. The minimum absolute atomic E-state index is 0.00524. The Morgan fingerprint density at radius 3 is 2.50 bits per heavy atom. The van der Waals surface area contributed by atoms with Gasteiger partial charge in [-0.05, 0) is 38.1 Å². The Bertz CT molecular complexity index is 385. The quantitative estimate of drug-likeness (QED) is 0.770. The number of thioether (sulfide) groups is 1. The molecule has 4 nitrogen and oxygen atoms in total. The van der Waals surface area contributed by atoms with Gasteiger partial charge in [-0.15, -0.1) is 11.8 Å². The molecule has 0 radical (unpaired) electrons. The number of hydrogen-bond donors (Lipinski definition) is 2. The van der Waals surface area contributed by atoms with E-state index in [1.54, 1.807) is 7.11 Å². The zero-order valence-corrected chi connectivity index (χ0v) is 11.8. The Morgan fingerprint density at radius 2 is 2.00 bits per heavy atom. The monoisotopic (exact) mass is 268 g/mol. The summed E-state index contributed by atoms with van der Waals surface area (Å²) < 4.78 is 5.07. The van der Waals surface area contributed by atoms with Crippen LogP contribution in [0.15, 0.2) is 29.2 Å². The molecule has 0 aliphatic carbocycles. The number of nitrogens with one attached hydrogen (secondary N) is 1. The number of nitrogens with two attached hydrogens (primary N) is 1. The SMILES string of the molecule is COc1ccc(SCC(=O)NCC(C)(C)N)cc1. The van der Waals surface area contributed by atoms with E-state index in [1.807, 2.05) is 38.1 Å². The summed E-state index contributed by atoms with van der Waals surface area (Å²) in [6.45, 7) is 4.24. The lowest BCUT2D eigenvalue weighted by Crippen LogP contribution is -2.45. The highest BCUT2D eigenvalue weighted by Gasteiger charge is 2.12. The van der Waals surface area contributed by atoms with Gasteiger partial charge in [-0.25, -0.2) is 0 Å². The summed E-state index contributed by atoms with van der Waals surface area (Å²) in [5.74, 6) is 1.20. The summed E-state index contributed by atoms with van der Waals surface area (Å²) in [6.07, 6.45) is 0. The van der Waals surface area contributed by atoms with Gasteiger partial charge in [0.2, 0.25) is 5.91 Å². The van der Waals surface area contributed by atoms with Crippen LogP contribution in [0.4, 0.5) is 0 Å². The van der Waals surface area contributed by atoms with Gasteiger partial charge in [-0.1, -0.05) is 0 Å². The third-order valence-corrected chi connectivity index (χ3v) is 3.18. The highest BCUT2D eigenvalue weighted by atomic mass is 32.2. The minimum Gasteiger partial charge on any atom is -0.497 e. The van der Waals surface area contributed by atoms with E-state index in [0.717, 1.165) is 10.6 Å². The van der Waals surface area contributed by atoms with E-state index in [9.17, 15) is 4.79 Å². The third-order valence-electron chi connectivity index (χ3n) is 2.17. The zero-order valence-electron chi connectivity index (χ0n) is 11.0. The highest BCUT2D eigenvalue weighted by molar-refractivity contribution is 8.00. The third kappa shape index (κ3) is 5.93. The Hall–Kier alpha value is -1.20. The molecule has 18 heavy (non-hydrogen) atoms. The van der Waals surface area contributed by atoms with Gasteiger partial charge in [0.15, 0.2) is 0 Å². The van der Waals surface area contributed by atoms with Crippen LogP contribution in [0.25, 0.3) is 0 Å². The second-order valence-electron chi connectivity index (χ2n) is 4.73. The molecule has 0 aliphatic heterocycles. The smallest absolute Gasteiger partial charge is 0.230 e. The van der Waals surface area contributed by atoms with Crippen LogP contribution < -0.4 is 15.8 Å². The fourth-order valence-corrected chi connectivity index (χ4v) is 1.93. The fraction of sp³-hybridized carbons (Fsp3) is 0.462. The molecule has 0 atom stereocenters. The molecule has 0 aromatic heterocycles. The Kier molecular flexibility index (Phi) is 5.50. The van der Waals surface area contributed by atoms with Gasteiger partial charge >= 0.3 is 0 Å². The largest absolute Gasteiger partial charge is 0.497 e. The number of carbonyl (C=O) groups excluding carboxylic acids is 1. The van der Waals surface area contributed by atoms with Crippen molar-refractivity contribution in [2.45, 2.75) is 24.3 Å². The van der Waals surface area contributed by atoms with Gasteiger partial charge in [-0.2, -0.15) is 0 Å². The number of amides is 1. The number of hydrogen-bond acceptors (Lipinski definition) is 4. The summed E-state index contributed by atoms with van der Waals surface area (Å²) >= 11 is 1.49. The molecule has 0 spiro atoms. The van der Waals surface area contributed by atoms with E-state index in [-0.39, 0.29) is 11.4 Å². The minimum atomic E-state index is -0.375. The van der Waals surface area contributed by atoms with Crippen molar-refractivity contribution in [3.05, 3.63) is 24.3 Å². The topological polar surface area (TPSA) is 64.3 Å². The van der Waals surface area contributed by atoms with Crippen molar-refractivity contribution in [2.75, 3.05) is 19.4 Å². The molecule has 1 rings (SSSR count). The number of ether oxygens (including phenoxy) is 1. The Labute approximate surface area is 112 Å². The Morgan fingerprint density at radius 1 is 1.39 bits per heavy atom. The normalized spacial score (nSPS) is 11.1. The summed E-state index contributed by atoms with van der Waals surface area (Å²) in [6, 6.07) is 7.62. The first-order valence-corrected chi connectivity index (χ1v) is 6.72. The zero-order chi connectivity index (χ0) is 13.6. The molecule has 3 N–H and O–H groups in total. The number of methoxy groups -OCH3 is 1. The average Bonchev–Trinajstić information content (AvgIpc) is 2.33. The van der Waals surface area contributed by atoms with Gasteiger partial charge in [0.1, 0.15) is 5.75 Å². The summed E-state index contributed by atoms with van der Waals surface area (Å²) in [7, 11) is 1.63. The standard InChI is InChI=1S/C13H20N2O2S/c1-13(2,14)9-15-12(16)8-18-11-6-4-10(17-3)5-7-11/h4-7H,8-9,14H2,1-3H3,(H,15,16). The molecular formula is C13H20N2O2S. The van der Waals surface area contributed by atoms with Crippen molar-refractivity contribution in [1.82, 2.24) is 5.32 Å². The molecule has 0 saturated heterocycles. The first kappa shape index (κ1) is 14.9. The fourth-order valence-electron chi connectivity index (χ4n) is 1.20. The number of benzene rings is 1. The molecule has 0 bridgehead atoms. The van der Waals surface area contributed by atoms with E-state index in [1.165, 1.54) is 11.8 Å². The van der Waals surface area contributed by atoms with Crippen molar-refractivity contribution in [2.24, 2.45) is 5.73 Å². The van der Waals surface area contributed by atoms with Crippen molar-refractivity contribution >= 4 is 17.7 Å². The van der Waals surface area contributed by atoms with Crippen molar-refractivity contribution in [3.63, 3.8) is 0 Å². The molecule has 1 aromatic rings. The van der Waals surface area contributed by atoms with E-state index >= 15 is 0 Å². The average molecular weight is 268 g/mol. The van der Waals surface area contributed by atoms with Crippen molar-refractivity contribution < 1.29 is 9.53 Å². The number of carbonyl (C=O) groups is 1. The predicted molar refractivity (Wildman–Crippen MR) is 75.0 cm³/mol. The second kappa shape index (κ2) is 6.66. The van der Waals surface area contributed by atoms with Gasteiger partial charge in [-0.3, -0.25) is 4.79 Å². The van der Waals surface area contributed by atoms with Crippen LogP contribution in [-0.2, 0) is 4.79 Å². The Balaban J connectivity index is 2.33. The molecule has 0 fully saturated rings. The van der Waals surface area contributed by atoms with Crippen LogP contribution in [0.3, 0.4) is 0 Å². The van der Waals surface area contributed by atoms with Crippen molar-refractivity contribution in [3.8, 4) is 5.75 Å². The lowest BCUT2D eigenvalue weighted by molar-refractivity contribution is -0.118. The molecule has 0 unspecified atom stereocenters. The van der Waals surface area contributed by atoms with Crippen LogP contribution in [-0.4, -0.2) is 30.9 Å². The van der Waals surface area contributed by atoms with E-state index in [0.29, 0.717) is 12.3 Å². The summed E-state index contributed by atoms with van der Waals surface area (Å²) in [5, 5.41) is 2.81. The first-order chi connectivity index (χ1) is 8.40. The van der Waals surface area contributed by atoms with Crippen LogP contribution in [0.1, 0.15) is 13.8 Å². The predicted octanol–water partition coefficient (Wildman–Crippen LogP) is 1.64. The van der Waals surface area contributed by atoms with Gasteiger partial charge < -0.3 is 15.8 Å². The molecular weight excluding hydrogens is 248 g/mol. The van der Waals surface area contributed by atoms with Crippen molar-refractivity contribution in [1.29, 1.82) is 0 Å². The molecule has 1 aromatic carbocycles. The van der Waals surface area contributed by atoms with E-state index in [2.05, 4.69) is 5.32 Å². The van der Waals surface area contributed by atoms with Crippen LogP contribution in [0.5, 0.6) is 5.75 Å². The maximum atomic E-state index is 11.6. The summed E-state index contributed by atoms with van der Waals surface area (Å²) in [4.78, 5) is 12.6. The lowest BCUT2D eigenvalue weighted by Gasteiger charge is -2.18. The molecule has 5 heteroatoms. The van der Waals surface area contributed by atoms with E-state index < -0.39 is 0 Å². The molecule has 0 heterocycles. The summed E-state index contributed by atoms with van der Waals surface area (Å²) in [5.41, 5.74) is 5.41. The maximum Gasteiger partial charge on any atom is 0.230 e. The van der Waals surface area contributed by atoms with Gasteiger partial charge in [0.05, 0.1) is 12.9 Å². The van der Waals surface area contributed by atoms with Crippen LogP contribution in [0.2, 0.25) is 0 Å². The van der Waals surface area contributed by atoms with Crippen LogP contribution in [0, 0.1) is 0 Å². The molecule has 0 aliphatic rings. The van der Waals surface area contributed by atoms with Gasteiger partial charge in [0.25, 0.3) is 0 Å². The van der Waals surface area contributed by atoms with Crippen LogP contribution >= 0.6 is 11.8 Å².